The highest BCUT2D eigenvalue weighted by molar-refractivity contribution is 5.80. The zero-order valence-electron chi connectivity index (χ0n) is 11.0. The van der Waals surface area contributed by atoms with Crippen LogP contribution < -0.4 is 5.32 Å². The van der Waals surface area contributed by atoms with Crippen molar-refractivity contribution in [3.05, 3.63) is 35.6 Å². The minimum absolute atomic E-state index is 0.0687. The van der Waals surface area contributed by atoms with Crippen molar-refractivity contribution in [2.45, 2.75) is 24.9 Å². The summed E-state index contributed by atoms with van der Waals surface area (Å²) in [5.41, 5.74) is -0.120. The second-order valence-corrected chi connectivity index (χ2v) is 5.15. The Kier molecular flexibility index (Phi) is 3.87. The molecule has 1 aromatic rings. The maximum absolute atomic E-state index is 13.3. The van der Waals surface area contributed by atoms with E-state index in [2.05, 4.69) is 5.32 Å². The van der Waals surface area contributed by atoms with Crippen LogP contribution in [-0.4, -0.2) is 30.3 Å². The molecule has 19 heavy (non-hydrogen) atoms. The van der Waals surface area contributed by atoms with Gasteiger partial charge in [-0.2, -0.15) is 0 Å². The van der Waals surface area contributed by atoms with Gasteiger partial charge in [-0.1, -0.05) is 12.1 Å². The van der Waals surface area contributed by atoms with Crippen molar-refractivity contribution in [2.24, 2.45) is 5.92 Å². The molecule has 0 spiro atoms. The van der Waals surface area contributed by atoms with Gasteiger partial charge in [-0.25, -0.2) is 4.39 Å². The Morgan fingerprint density at radius 1 is 1.63 bits per heavy atom. The maximum Gasteiger partial charge on any atom is 0.325 e. The largest absolute Gasteiger partial charge is 0.468 e. The van der Waals surface area contributed by atoms with Gasteiger partial charge in [0, 0.05) is 18.6 Å². The van der Waals surface area contributed by atoms with Gasteiger partial charge in [0.2, 0.25) is 0 Å². The molecule has 2 N–H and O–H groups in total. The van der Waals surface area contributed by atoms with Gasteiger partial charge < -0.3 is 9.84 Å². The third-order valence-corrected chi connectivity index (χ3v) is 3.69. The average Bonchev–Trinajstić information content (AvgIpc) is 2.76. The standard InChI is InChI=1S/C14H18FNO3/c1-14(13(18)19-2)7-10(8-17)12(16-14)9-4-3-5-11(15)6-9/h3-6,10,12,16-17H,7-8H2,1-2H3. The molecule has 1 heterocycles. The molecule has 4 nitrogen and oxygen atoms in total. The Morgan fingerprint density at radius 2 is 2.37 bits per heavy atom. The Hall–Kier alpha value is -1.46. The first kappa shape index (κ1) is 14.0. The molecule has 0 radical (unpaired) electrons. The van der Waals surface area contributed by atoms with Gasteiger partial charge in [0.15, 0.2) is 0 Å². The van der Waals surface area contributed by atoms with Crippen LogP contribution in [0.4, 0.5) is 4.39 Å². The summed E-state index contributed by atoms with van der Waals surface area (Å²) < 4.78 is 18.1. The minimum atomic E-state index is -0.848. The van der Waals surface area contributed by atoms with Crippen molar-refractivity contribution in [1.82, 2.24) is 5.32 Å². The predicted octanol–water partition coefficient (Wildman–Crippen LogP) is 1.40. The van der Waals surface area contributed by atoms with E-state index >= 15 is 0 Å². The Bertz CT molecular complexity index is 480. The summed E-state index contributed by atoms with van der Waals surface area (Å²) in [6.07, 6.45) is 0.456. The van der Waals surface area contributed by atoms with Crippen LogP contribution in [0.25, 0.3) is 0 Å². The lowest BCUT2D eigenvalue weighted by molar-refractivity contribution is -0.147. The molecule has 0 aromatic heterocycles. The van der Waals surface area contributed by atoms with E-state index in [9.17, 15) is 14.3 Å². The highest BCUT2D eigenvalue weighted by Crippen LogP contribution is 2.38. The Morgan fingerprint density at radius 3 is 2.95 bits per heavy atom. The van der Waals surface area contributed by atoms with Gasteiger partial charge in [-0.3, -0.25) is 10.1 Å². The molecule has 2 rings (SSSR count). The van der Waals surface area contributed by atoms with Gasteiger partial charge in [0.1, 0.15) is 11.4 Å². The van der Waals surface area contributed by atoms with Crippen molar-refractivity contribution < 1.29 is 19.0 Å². The molecule has 0 saturated carbocycles. The molecule has 3 atom stereocenters. The number of aliphatic hydroxyl groups excluding tert-OH is 1. The number of benzene rings is 1. The number of carbonyl (C=O) groups excluding carboxylic acids is 1. The number of methoxy groups -OCH3 is 1. The second-order valence-electron chi connectivity index (χ2n) is 5.15. The molecule has 104 valence electrons. The van der Waals surface area contributed by atoms with E-state index in [1.54, 1.807) is 19.1 Å². The lowest BCUT2D eigenvalue weighted by atomic mass is 9.91. The first-order valence-electron chi connectivity index (χ1n) is 6.22. The van der Waals surface area contributed by atoms with E-state index in [0.717, 1.165) is 5.56 Å². The lowest BCUT2D eigenvalue weighted by Gasteiger charge is -2.22. The molecule has 5 heteroatoms. The number of rotatable bonds is 3. The molecular formula is C14H18FNO3. The molecule has 0 aliphatic carbocycles. The van der Waals surface area contributed by atoms with Gasteiger partial charge in [-0.05, 0) is 31.0 Å². The summed E-state index contributed by atoms with van der Waals surface area (Å²) in [5, 5.41) is 12.6. The predicted molar refractivity (Wildman–Crippen MR) is 67.9 cm³/mol. The zero-order chi connectivity index (χ0) is 14.0. The quantitative estimate of drug-likeness (QED) is 0.813. The molecule has 1 aliphatic rings. The van der Waals surface area contributed by atoms with Crippen molar-refractivity contribution in [1.29, 1.82) is 0 Å². The van der Waals surface area contributed by atoms with Gasteiger partial charge >= 0.3 is 5.97 Å². The van der Waals surface area contributed by atoms with Crippen LogP contribution in [-0.2, 0) is 9.53 Å². The van der Waals surface area contributed by atoms with Crippen molar-refractivity contribution in [2.75, 3.05) is 13.7 Å². The number of esters is 1. The fourth-order valence-electron chi connectivity index (χ4n) is 2.76. The fourth-order valence-corrected chi connectivity index (χ4v) is 2.76. The van der Waals surface area contributed by atoms with E-state index in [0.29, 0.717) is 6.42 Å². The Balaban J connectivity index is 2.28. The summed E-state index contributed by atoms with van der Waals surface area (Å²) >= 11 is 0. The molecule has 1 saturated heterocycles. The van der Waals surface area contributed by atoms with Crippen LogP contribution in [0.5, 0.6) is 0 Å². The lowest BCUT2D eigenvalue weighted by Crippen LogP contribution is -2.45. The summed E-state index contributed by atoms with van der Waals surface area (Å²) in [4.78, 5) is 11.8. The SMILES string of the molecule is COC(=O)C1(C)CC(CO)C(c2cccc(F)c2)N1. The molecule has 1 aromatic carbocycles. The van der Waals surface area contributed by atoms with Crippen LogP contribution in [0.3, 0.4) is 0 Å². The van der Waals surface area contributed by atoms with Crippen LogP contribution in [0.2, 0.25) is 0 Å². The summed E-state index contributed by atoms with van der Waals surface area (Å²) in [6, 6.07) is 5.93. The van der Waals surface area contributed by atoms with Crippen LogP contribution >= 0.6 is 0 Å². The fraction of sp³-hybridized carbons (Fsp3) is 0.500. The van der Waals surface area contributed by atoms with Gasteiger partial charge in [-0.15, -0.1) is 0 Å². The third-order valence-electron chi connectivity index (χ3n) is 3.69. The van der Waals surface area contributed by atoms with E-state index in [4.69, 9.17) is 4.74 Å². The first-order valence-corrected chi connectivity index (χ1v) is 6.22. The minimum Gasteiger partial charge on any atom is -0.468 e. The topological polar surface area (TPSA) is 58.6 Å². The molecule has 1 fully saturated rings. The maximum atomic E-state index is 13.3. The summed E-state index contributed by atoms with van der Waals surface area (Å²) in [6.45, 7) is 1.67. The number of hydrogen-bond donors (Lipinski definition) is 2. The van der Waals surface area contributed by atoms with Crippen molar-refractivity contribution >= 4 is 5.97 Å². The molecule has 3 unspecified atom stereocenters. The number of ether oxygens (including phenoxy) is 1. The Labute approximate surface area is 111 Å². The van der Waals surface area contributed by atoms with Gasteiger partial charge in [0.25, 0.3) is 0 Å². The monoisotopic (exact) mass is 267 g/mol. The van der Waals surface area contributed by atoms with E-state index < -0.39 is 5.54 Å². The van der Waals surface area contributed by atoms with E-state index in [-0.39, 0.29) is 30.4 Å². The number of hydrogen-bond acceptors (Lipinski definition) is 4. The highest BCUT2D eigenvalue weighted by atomic mass is 19.1. The first-order chi connectivity index (χ1) is 9.00. The van der Waals surface area contributed by atoms with Crippen LogP contribution in [0.15, 0.2) is 24.3 Å². The third kappa shape index (κ3) is 2.62. The normalized spacial score (nSPS) is 30.3. The average molecular weight is 267 g/mol. The zero-order valence-corrected chi connectivity index (χ0v) is 11.0. The highest BCUT2D eigenvalue weighted by Gasteiger charge is 2.47. The molecule has 0 bridgehead atoms. The van der Waals surface area contributed by atoms with E-state index in [1.807, 2.05) is 0 Å². The molecule has 1 aliphatic heterocycles. The number of carbonyl (C=O) groups is 1. The number of halogens is 1. The molecule has 0 amide bonds. The summed E-state index contributed by atoms with van der Waals surface area (Å²) in [7, 11) is 1.33. The second kappa shape index (κ2) is 5.27. The number of nitrogens with one attached hydrogen (secondary N) is 1. The van der Waals surface area contributed by atoms with E-state index in [1.165, 1.54) is 19.2 Å². The van der Waals surface area contributed by atoms with Crippen LogP contribution in [0, 0.1) is 11.7 Å². The summed E-state index contributed by atoms with van der Waals surface area (Å²) in [5.74, 6) is -0.849. The van der Waals surface area contributed by atoms with Crippen molar-refractivity contribution in [3.63, 3.8) is 0 Å². The smallest absolute Gasteiger partial charge is 0.325 e. The van der Waals surface area contributed by atoms with Crippen molar-refractivity contribution in [3.8, 4) is 0 Å². The number of aliphatic hydroxyl groups is 1. The molecular weight excluding hydrogens is 249 g/mol. The van der Waals surface area contributed by atoms with Crippen LogP contribution in [0.1, 0.15) is 24.9 Å². The van der Waals surface area contributed by atoms with Gasteiger partial charge in [0.05, 0.1) is 7.11 Å².